The van der Waals surface area contributed by atoms with Crippen LogP contribution < -0.4 is 5.36 Å². The molecule has 5 nitrogen and oxygen atoms in total. The van der Waals surface area contributed by atoms with Gasteiger partial charge >= 0.3 is 6.09 Å². The number of rotatable bonds is 3. The van der Waals surface area contributed by atoms with Crippen LogP contribution in [0.2, 0.25) is 0 Å². The van der Waals surface area contributed by atoms with Crippen LogP contribution in [0.25, 0.3) is 5.69 Å². The highest BCUT2D eigenvalue weighted by Gasteiger charge is 2.03. The molecule has 1 aromatic carbocycles. The maximum absolute atomic E-state index is 11.5. The van der Waals surface area contributed by atoms with Crippen molar-refractivity contribution >= 4 is 6.09 Å². The predicted molar refractivity (Wildman–Crippen MR) is 75.3 cm³/mol. The Balaban J connectivity index is 2.16. The van der Waals surface area contributed by atoms with Gasteiger partial charge in [0.25, 0.3) is 0 Å². The van der Waals surface area contributed by atoms with Gasteiger partial charge in [-0.15, -0.1) is 0 Å². The smallest absolute Gasteiger partial charge is 0.434 e. The van der Waals surface area contributed by atoms with Gasteiger partial charge in [-0.25, -0.2) is 9.48 Å². The molecule has 1 unspecified atom stereocenters. The summed E-state index contributed by atoms with van der Waals surface area (Å²) in [7, 11) is 0. The zero-order valence-corrected chi connectivity index (χ0v) is 11.1. The van der Waals surface area contributed by atoms with Gasteiger partial charge in [-0.1, -0.05) is 30.9 Å². The normalized spacial score (nSPS) is 12.8. The number of nitrogens with zero attached hydrogens (tertiary/aromatic N) is 3. The van der Waals surface area contributed by atoms with E-state index in [9.17, 15) is 4.79 Å². The van der Waals surface area contributed by atoms with E-state index in [0.29, 0.717) is 5.36 Å². The zero-order chi connectivity index (χ0) is 14.4. The summed E-state index contributed by atoms with van der Waals surface area (Å²) in [6, 6.07) is 11.4. The molecule has 0 aliphatic carbocycles. The molecule has 2 rings (SSSR count). The van der Waals surface area contributed by atoms with Gasteiger partial charge in [-0.05, 0) is 25.1 Å². The van der Waals surface area contributed by atoms with E-state index in [1.165, 1.54) is 12.3 Å². The van der Waals surface area contributed by atoms with Crippen molar-refractivity contribution in [2.45, 2.75) is 13.0 Å². The highest BCUT2D eigenvalue weighted by atomic mass is 16.6. The average molecular weight is 269 g/mol. The van der Waals surface area contributed by atoms with Crippen molar-refractivity contribution in [3.8, 4) is 5.69 Å². The minimum Gasteiger partial charge on any atom is -0.441 e. The SMILES string of the molecule is C=CC(C)OC(=O)/N=c1\ccn(-c2ccccc2)nc1. The number of ether oxygens (including phenoxy) is 1. The summed E-state index contributed by atoms with van der Waals surface area (Å²) in [5, 5.41) is 4.64. The first kappa shape index (κ1) is 13.7. The molecule has 0 fully saturated rings. The number of carbonyl (C=O) groups is 1. The third-order valence-electron chi connectivity index (χ3n) is 2.56. The molecule has 0 spiro atoms. The number of amides is 1. The molecular formula is C15H15N3O2. The van der Waals surface area contributed by atoms with Crippen LogP contribution in [0, 0.1) is 0 Å². The molecule has 5 heteroatoms. The fraction of sp³-hybridized carbons (Fsp3) is 0.133. The third-order valence-corrected chi connectivity index (χ3v) is 2.56. The van der Waals surface area contributed by atoms with Crippen LogP contribution in [0.4, 0.5) is 4.79 Å². The minimum atomic E-state index is -0.656. The molecule has 102 valence electrons. The van der Waals surface area contributed by atoms with Crippen LogP contribution in [-0.4, -0.2) is 22.0 Å². The van der Waals surface area contributed by atoms with E-state index < -0.39 is 6.09 Å². The van der Waals surface area contributed by atoms with E-state index in [1.54, 1.807) is 23.9 Å². The van der Waals surface area contributed by atoms with Gasteiger partial charge in [-0.2, -0.15) is 10.1 Å². The summed E-state index contributed by atoms with van der Waals surface area (Å²) in [6.45, 7) is 5.25. The maximum Gasteiger partial charge on any atom is 0.434 e. The fourth-order valence-electron chi connectivity index (χ4n) is 1.49. The number of para-hydroxylation sites is 1. The molecule has 1 amide bonds. The zero-order valence-electron chi connectivity index (χ0n) is 11.1. The van der Waals surface area contributed by atoms with E-state index in [0.717, 1.165) is 5.69 Å². The second-order valence-corrected chi connectivity index (χ2v) is 4.10. The minimum absolute atomic E-state index is 0.364. The van der Waals surface area contributed by atoms with Crippen LogP contribution in [0.3, 0.4) is 0 Å². The Morgan fingerprint density at radius 3 is 2.75 bits per heavy atom. The number of carbonyl (C=O) groups excluding carboxylic acids is 1. The van der Waals surface area contributed by atoms with Crippen LogP contribution in [-0.2, 0) is 4.74 Å². The van der Waals surface area contributed by atoms with Crippen molar-refractivity contribution in [2.75, 3.05) is 0 Å². The Kier molecular flexibility index (Phi) is 4.44. The number of hydrogen-bond donors (Lipinski definition) is 0. The molecule has 0 saturated carbocycles. The Morgan fingerprint density at radius 2 is 2.15 bits per heavy atom. The lowest BCUT2D eigenvalue weighted by molar-refractivity contribution is 0.137. The molecule has 0 radical (unpaired) electrons. The summed E-state index contributed by atoms with van der Waals surface area (Å²) in [4.78, 5) is 15.3. The fourth-order valence-corrected chi connectivity index (χ4v) is 1.49. The van der Waals surface area contributed by atoms with E-state index in [4.69, 9.17) is 4.74 Å². The first-order chi connectivity index (χ1) is 9.69. The average Bonchev–Trinajstić information content (AvgIpc) is 2.48. The Morgan fingerprint density at radius 1 is 1.40 bits per heavy atom. The van der Waals surface area contributed by atoms with Crippen LogP contribution in [0.5, 0.6) is 0 Å². The van der Waals surface area contributed by atoms with Crippen LogP contribution in [0.1, 0.15) is 6.92 Å². The van der Waals surface area contributed by atoms with Gasteiger partial charge in [-0.3, -0.25) is 0 Å². The Hall–Kier alpha value is -2.69. The molecular weight excluding hydrogens is 254 g/mol. The Labute approximate surface area is 116 Å². The predicted octanol–water partition coefficient (Wildman–Crippen LogP) is 2.48. The number of benzene rings is 1. The molecule has 0 bridgehead atoms. The highest BCUT2D eigenvalue weighted by molar-refractivity contribution is 5.68. The Bertz CT molecular complexity index is 642. The molecule has 0 N–H and O–H groups in total. The van der Waals surface area contributed by atoms with E-state index in [1.807, 2.05) is 30.3 Å². The first-order valence-corrected chi connectivity index (χ1v) is 6.17. The first-order valence-electron chi connectivity index (χ1n) is 6.17. The van der Waals surface area contributed by atoms with Gasteiger partial charge in [0, 0.05) is 6.20 Å². The summed E-state index contributed by atoms with van der Waals surface area (Å²) in [5.74, 6) is 0. The molecule has 1 aromatic heterocycles. The van der Waals surface area contributed by atoms with Crippen molar-refractivity contribution in [1.29, 1.82) is 0 Å². The van der Waals surface area contributed by atoms with E-state index in [-0.39, 0.29) is 6.10 Å². The monoisotopic (exact) mass is 269 g/mol. The van der Waals surface area contributed by atoms with Crippen LogP contribution in [0.15, 0.2) is 66.4 Å². The van der Waals surface area contributed by atoms with E-state index in [2.05, 4.69) is 16.7 Å². The van der Waals surface area contributed by atoms with Gasteiger partial charge in [0.1, 0.15) is 6.10 Å². The molecule has 1 atom stereocenters. The maximum atomic E-state index is 11.5. The highest BCUT2D eigenvalue weighted by Crippen LogP contribution is 2.02. The van der Waals surface area contributed by atoms with Crippen molar-refractivity contribution in [1.82, 2.24) is 9.78 Å². The molecule has 2 aromatic rings. The molecule has 20 heavy (non-hydrogen) atoms. The second kappa shape index (κ2) is 6.47. The van der Waals surface area contributed by atoms with Gasteiger partial charge in [0.15, 0.2) is 0 Å². The van der Waals surface area contributed by atoms with Crippen molar-refractivity contribution in [3.05, 3.63) is 66.8 Å². The quantitative estimate of drug-likeness (QED) is 0.804. The van der Waals surface area contributed by atoms with Crippen molar-refractivity contribution in [2.24, 2.45) is 4.99 Å². The van der Waals surface area contributed by atoms with Gasteiger partial charge in [0.2, 0.25) is 0 Å². The largest absolute Gasteiger partial charge is 0.441 e. The number of aromatic nitrogens is 2. The lowest BCUT2D eigenvalue weighted by atomic mass is 10.3. The third kappa shape index (κ3) is 3.65. The summed E-state index contributed by atoms with van der Waals surface area (Å²) >= 11 is 0. The number of hydrogen-bond acceptors (Lipinski definition) is 3. The molecule has 1 heterocycles. The van der Waals surface area contributed by atoms with Gasteiger partial charge < -0.3 is 4.74 Å². The standard InChI is InChI=1S/C15H15N3O2/c1-3-12(2)20-15(19)17-13-9-10-18(16-11-13)14-7-5-4-6-8-14/h3-12H,1H2,2H3/b17-13+. The van der Waals surface area contributed by atoms with Crippen molar-refractivity contribution < 1.29 is 9.53 Å². The van der Waals surface area contributed by atoms with E-state index >= 15 is 0 Å². The van der Waals surface area contributed by atoms with Gasteiger partial charge in [0.05, 0.1) is 17.2 Å². The van der Waals surface area contributed by atoms with Crippen molar-refractivity contribution in [3.63, 3.8) is 0 Å². The summed E-state index contributed by atoms with van der Waals surface area (Å²) in [6.07, 6.45) is 3.75. The molecule has 0 saturated heterocycles. The molecule has 0 aliphatic heterocycles. The topological polar surface area (TPSA) is 56.5 Å². The lowest BCUT2D eigenvalue weighted by Gasteiger charge is -2.05. The lowest BCUT2D eigenvalue weighted by Crippen LogP contribution is -2.14. The summed E-state index contributed by atoms with van der Waals surface area (Å²) in [5.41, 5.74) is 0.932. The summed E-state index contributed by atoms with van der Waals surface area (Å²) < 4.78 is 6.65. The van der Waals surface area contributed by atoms with Crippen LogP contribution >= 0.6 is 0 Å². The second-order valence-electron chi connectivity index (χ2n) is 4.10. The molecule has 0 aliphatic rings.